The quantitative estimate of drug-likeness (QED) is 0.901. The lowest BCUT2D eigenvalue weighted by Gasteiger charge is -2.17. The highest BCUT2D eigenvalue weighted by molar-refractivity contribution is 5.61. The van der Waals surface area contributed by atoms with Gasteiger partial charge in [0.2, 0.25) is 0 Å². The molecule has 2 aromatic carbocycles. The van der Waals surface area contributed by atoms with E-state index in [1.807, 2.05) is 24.3 Å². The molecule has 0 aliphatic rings. The second-order valence-corrected chi connectivity index (χ2v) is 4.30. The molecule has 19 heavy (non-hydrogen) atoms. The third-order valence-corrected chi connectivity index (χ3v) is 3.02. The zero-order valence-corrected chi connectivity index (χ0v) is 11.1. The molecule has 2 aromatic rings. The summed E-state index contributed by atoms with van der Waals surface area (Å²) < 4.78 is 5.19. The van der Waals surface area contributed by atoms with Gasteiger partial charge >= 0.3 is 0 Å². The van der Waals surface area contributed by atoms with E-state index in [1.165, 1.54) is 5.56 Å². The van der Waals surface area contributed by atoms with Crippen LogP contribution in [-0.2, 0) is 0 Å². The van der Waals surface area contributed by atoms with Crippen LogP contribution in [0.1, 0.15) is 24.1 Å². The van der Waals surface area contributed by atoms with Crippen molar-refractivity contribution in [3.05, 3.63) is 59.7 Å². The van der Waals surface area contributed by atoms with Gasteiger partial charge < -0.3 is 10.1 Å². The van der Waals surface area contributed by atoms with Gasteiger partial charge in [-0.15, -0.1) is 0 Å². The fourth-order valence-electron chi connectivity index (χ4n) is 1.93. The summed E-state index contributed by atoms with van der Waals surface area (Å²) in [6, 6.07) is 17.8. The van der Waals surface area contributed by atoms with E-state index in [1.54, 1.807) is 19.2 Å². The lowest BCUT2D eigenvalue weighted by Crippen LogP contribution is -2.07. The Morgan fingerprint density at radius 3 is 2.53 bits per heavy atom. The second-order valence-electron chi connectivity index (χ2n) is 4.30. The summed E-state index contributed by atoms with van der Waals surface area (Å²) >= 11 is 0. The second kappa shape index (κ2) is 5.92. The van der Waals surface area contributed by atoms with Crippen LogP contribution in [0.3, 0.4) is 0 Å². The predicted molar refractivity (Wildman–Crippen MR) is 76.2 cm³/mol. The van der Waals surface area contributed by atoms with E-state index < -0.39 is 0 Å². The normalized spacial score (nSPS) is 11.4. The molecule has 0 aliphatic heterocycles. The average molecular weight is 252 g/mol. The van der Waals surface area contributed by atoms with Crippen molar-refractivity contribution < 1.29 is 4.74 Å². The first-order valence-electron chi connectivity index (χ1n) is 6.14. The summed E-state index contributed by atoms with van der Waals surface area (Å²) in [5, 5.41) is 12.5. The molecule has 0 spiro atoms. The zero-order chi connectivity index (χ0) is 13.7. The molecular weight excluding hydrogens is 236 g/mol. The van der Waals surface area contributed by atoms with Gasteiger partial charge in [0.15, 0.2) is 0 Å². The van der Waals surface area contributed by atoms with Crippen LogP contribution in [0.5, 0.6) is 5.75 Å². The molecule has 1 atom stereocenters. The van der Waals surface area contributed by atoms with Gasteiger partial charge in [-0.2, -0.15) is 5.26 Å². The Balaban J connectivity index is 2.25. The monoisotopic (exact) mass is 252 g/mol. The van der Waals surface area contributed by atoms with Crippen molar-refractivity contribution in [1.29, 1.82) is 5.26 Å². The number of nitriles is 1. The fourth-order valence-corrected chi connectivity index (χ4v) is 1.93. The van der Waals surface area contributed by atoms with Crippen molar-refractivity contribution in [3.63, 3.8) is 0 Å². The summed E-state index contributed by atoms with van der Waals surface area (Å²) in [6.07, 6.45) is 0. The molecule has 1 N–H and O–H groups in total. The van der Waals surface area contributed by atoms with Crippen LogP contribution in [0.4, 0.5) is 5.69 Å². The highest BCUT2D eigenvalue weighted by Gasteiger charge is 2.09. The number of hydrogen-bond acceptors (Lipinski definition) is 3. The molecule has 0 bridgehead atoms. The molecule has 3 heteroatoms. The summed E-state index contributed by atoms with van der Waals surface area (Å²) in [5.74, 6) is 0.738. The molecule has 0 fully saturated rings. The van der Waals surface area contributed by atoms with Gasteiger partial charge in [-0.05, 0) is 24.6 Å². The van der Waals surface area contributed by atoms with Crippen molar-refractivity contribution >= 4 is 5.69 Å². The predicted octanol–water partition coefficient (Wildman–Crippen LogP) is 3.74. The number of nitrogens with one attached hydrogen (secondary N) is 1. The van der Waals surface area contributed by atoms with E-state index in [0.29, 0.717) is 5.56 Å². The molecule has 3 nitrogen and oxygen atoms in total. The lowest BCUT2D eigenvalue weighted by molar-refractivity contribution is 0.415. The van der Waals surface area contributed by atoms with E-state index in [2.05, 4.69) is 30.4 Å². The lowest BCUT2D eigenvalue weighted by atomic mass is 10.1. The summed E-state index contributed by atoms with van der Waals surface area (Å²) in [5.41, 5.74) is 2.58. The van der Waals surface area contributed by atoms with Gasteiger partial charge in [-0.1, -0.05) is 30.3 Å². The molecule has 0 aliphatic carbocycles. The third-order valence-electron chi connectivity index (χ3n) is 3.02. The minimum absolute atomic E-state index is 0.125. The van der Waals surface area contributed by atoms with E-state index in [4.69, 9.17) is 10.00 Å². The molecular formula is C16H16N2O. The van der Waals surface area contributed by atoms with Crippen molar-refractivity contribution in [2.75, 3.05) is 12.4 Å². The number of methoxy groups -OCH3 is 1. The fraction of sp³-hybridized carbons (Fsp3) is 0.188. The van der Waals surface area contributed by atoms with Gasteiger partial charge in [0.1, 0.15) is 11.8 Å². The topological polar surface area (TPSA) is 45.0 Å². The Kier molecular flexibility index (Phi) is 4.04. The van der Waals surface area contributed by atoms with Crippen LogP contribution in [0.15, 0.2) is 48.5 Å². The average Bonchev–Trinajstić information content (AvgIpc) is 2.48. The van der Waals surface area contributed by atoms with Crippen LogP contribution in [0.2, 0.25) is 0 Å². The van der Waals surface area contributed by atoms with Crippen molar-refractivity contribution in [1.82, 2.24) is 0 Å². The summed E-state index contributed by atoms with van der Waals surface area (Å²) in [4.78, 5) is 0. The maximum atomic E-state index is 9.13. The first-order chi connectivity index (χ1) is 9.24. The minimum atomic E-state index is 0.125. The highest BCUT2D eigenvalue weighted by Crippen LogP contribution is 2.26. The van der Waals surface area contributed by atoms with Crippen LogP contribution in [0.25, 0.3) is 0 Å². The van der Waals surface area contributed by atoms with Gasteiger partial charge in [-0.25, -0.2) is 0 Å². The number of ether oxygens (including phenoxy) is 1. The molecule has 0 radical (unpaired) electrons. The largest absolute Gasteiger partial charge is 0.497 e. The van der Waals surface area contributed by atoms with Gasteiger partial charge in [0.25, 0.3) is 0 Å². The third kappa shape index (κ3) is 3.05. The molecule has 2 rings (SSSR count). The van der Waals surface area contributed by atoms with E-state index >= 15 is 0 Å². The molecule has 0 heterocycles. The minimum Gasteiger partial charge on any atom is -0.497 e. The van der Waals surface area contributed by atoms with E-state index in [-0.39, 0.29) is 6.04 Å². The summed E-state index contributed by atoms with van der Waals surface area (Å²) in [6.45, 7) is 2.07. The molecule has 0 aromatic heterocycles. The van der Waals surface area contributed by atoms with Crippen LogP contribution in [-0.4, -0.2) is 7.11 Å². The molecule has 1 unspecified atom stereocenters. The van der Waals surface area contributed by atoms with E-state index in [9.17, 15) is 0 Å². The van der Waals surface area contributed by atoms with Crippen molar-refractivity contribution in [3.8, 4) is 11.8 Å². The summed E-state index contributed by atoms with van der Waals surface area (Å²) in [7, 11) is 1.62. The Bertz CT molecular complexity index is 587. The van der Waals surface area contributed by atoms with Gasteiger partial charge in [-0.3, -0.25) is 0 Å². The zero-order valence-electron chi connectivity index (χ0n) is 11.1. The number of benzene rings is 2. The van der Waals surface area contributed by atoms with Gasteiger partial charge in [0.05, 0.1) is 18.4 Å². The molecule has 0 saturated heterocycles. The van der Waals surface area contributed by atoms with Gasteiger partial charge in [0, 0.05) is 12.1 Å². The SMILES string of the molecule is COc1ccc(C#N)c(NC(C)c2ccccc2)c1. The number of anilines is 1. The molecule has 0 saturated carbocycles. The molecule has 96 valence electrons. The number of nitrogens with zero attached hydrogens (tertiary/aromatic N) is 1. The molecule has 0 amide bonds. The number of rotatable bonds is 4. The van der Waals surface area contributed by atoms with Crippen LogP contribution in [0, 0.1) is 11.3 Å². The Morgan fingerprint density at radius 2 is 1.89 bits per heavy atom. The Labute approximate surface area is 113 Å². The Hall–Kier alpha value is -2.47. The van der Waals surface area contributed by atoms with Crippen LogP contribution >= 0.6 is 0 Å². The first-order valence-corrected chi connectivity index (χ1v) is 6.14. The Morgan fingerprint density at radius 1 is 1.16 bits per heavy atom. The standard InChI is InChI=1S/C16H16N2O/c1-12(13-6-4-3-5-7-13)18-16-10-15(19-2)9-8-14(16)11-17/h3-10,12,18H,1-2H3. The van der Waals surface area contributed by atoms with E-state index in [0.717, 1.165) is 11.4 Å². The smallest absolute Gasteiger partial charge is 0.121 e. The maximum absolute atomic E-state index is 9.13. The maximum Gasteiger partial charge on any atom is 0.121 e. The highest BCUT2D eigenvalue weighted by atomic mass is 16.5. The van der Waals surface area contributed by atoms with Crippen molar-refractivity contribution in [2.24, 2.45) is 0 Å². The number of hydrogen-bond donors (Lipinski definition) is 1. The van der Waals surface area contributed by atoms with Crippen LogP contribution < -0.4 is 10.1 Å². The first kappa shape index (κ1) is 13.0. The van der Waals surface area contributed by atoms with Crippen molar-refractivity contribution in [2.45, 2.75) is 13.0 Å².